The van der Waals surface area contributed by atoms with E-state index in [9.17, 15) is 9.90 Å². The Morgan fingerprint density at radius 1 is 1.27 bits per heavy atom. The molecule has 0 saturated carbocycles. The summed E-state index contributed by atoms with van der Waals surface area (Å²) in [5.41, 5.74) is 2.84. The number of aromatic hydroxyl groups is 1. The monoisotopic (exact) mass is 366 g/mol. The Balaban J connectivity index is 1.52. The van der Waals surface area contributed by atoms with Gasteiger partial charge in [0, 0.05) is 18.7 Å². The summed E-state index contributed by atoms with van der Waals surface area (Å²) in [6.45, 7) is 1.06. The lowest BCUT2D eigenvalue weighted by molar-refractivity contribution is -0.129. The number of aromatic amines is 1. The van der Waals surface area contributed by atoms with Gasteiger partial charge in [-0.2, -0.15) is 0 Å². The second kappa shape index (κ2) is 7.21. The molecule has 2 aromatic heterocycles. The SMILES string of the molecule is O=C(CSc1ccccn1)N1Cc2[nH]cnc2C(c2cccc(O)c2)C1. The van der Waals surface area contributed by atoms with E-state index >= 15 is 0 Å². The first kappa shape index (κ1) is 16.7. The summed E-state index contributed by atoms with van der Waals surface area (Å²) in [7, 11) is 0. The van der Waals surface area contributed by atoms with Crippen molar-refractivity contribution in [3.8, 4) is 5.75 Å². The third kappa shape index (κ3) is 3.43. The zero-order chi connectivity index (χ0) is 17.9. The van der Waals surface area contributed by atoms with Crippen molar-refractivity contribution in [2.45, 2.75) is 17.5 Å². The molecule has 0 bridgehead atoms. The average molecular weight is 366 g/mol. The number of benzene rings is 1. The topological polar surface area (TPSA) is 82.1 Å². The Labute approximate surface area is 155 Å². The Kier molecular flexibility index (Phi) is 4.62. The van der Waals surface area contributed by atoms with Gasteiger partial charge < -0.3 is 15.0 Å². The molecule has 1 unspecified atom stereocenters. The van der Waals surface area contributed by atoms with Crippen molar-refractivity contribution in [2.24, 2.45) is 0 Å². The van der Waals surface area contributed by atoms with Crippen LogP contribution in [-0.2, 0) is 11.3 Å². The number of imidazole rings is 1. The molecular weight excluding hydrogens is 348 g/mol. The summed E-state index contributed by atoms with van der Waals surface area (Å²) in [6.07, 6.45) is 3.39. The number of thioether (sulfide) groups is 1. The van der Waals surface area contributed by atoms with E-state index in [2.05, 4.69) is 15.0 Å². The molecule has 1 aliphatic rings. The van der Waals surface area contributed by atoms with Gasteiger partial charge in [-0.05, 0) is 29.8 Å². The van der Waals surface area contributed by atoms with E-state index in [4.69, 9.17) is 0 Å². The highest BCUT2D eigenvalue weighted by Crippen LogP contribution is 2.33. The number of fused-ring (bicyclic) bond motifs is 1. The van der Waals surface area contributed by atoms with Gasteiger partial charge in [-0.25, -0.2) is 9.97 Å². The number of phenolic OH excluding ortho intramolecular Hbond substituents is 1. The quantitative estimate of drug-likeness (QED) is 0.694. The molecule has 0 aliphatic carbocycles. The van der Waals surface area contributed by atoms with Crippen molar-refractivity contribution in [1.29, 1.82) is 0 Å². The lowest BCUT2D eigenvalue weighted by atomic mass is 9.91. The second-order valence-electron chi connectivity index (χ2n) is 6.14. The minimum Gasteiger partial charge on any atom is -0.508 e. The molecule has 132 valence electrons. The van der Waals surface area contributed by atoms with Crippen molar-refractivity contribution in [3.05, 3.63) is 71.9 Å². The highest BCUT2D eigenvalue weighted by atomic mass is 32.2. The van der Waals surface area contributed by atoms with Crippen LogP contribution in [0.5, 0.6) is 5.75 Å². The molecular formula is C19H18N4O2S. The summed E-state index contributed by atoms with van der Waals surface area (Å²) >= 11 is 1.44. The van der Waals surface area contributed by atoms with Crippen molar-refractivity contribution >= 4 is 17.7 Å². The average Bonchev–Trinajstić information content (AvgIpc) is 3.15. The maximum Gasteiger partial charge on any atom is 0.233 e. The van der Waals surface area contributed by atoms with Crippen molar-refractivity contribution in [2.75, 3.05) is 12.3 Å². The predicted molar refractivity (Wildman–Crippen MR) is 98.9 cm³/mol. The third-order valence-electron chi connectivity index (χ3n) is 4.44. The number of rotatable bonds is 4. The fourth-order valence-electron chi connectivity index (χ4n) is 3.18. The molecule has 4 rings (SSSR count). The second-order valence-corrected chi connectivity index (χ2v) is 7.14. The first-order valence-corrected chi connectivity index (χ1v) is 9.32. The number of carbonyl (C=O) groups is 1. The number of aromatic nitrogens is 3. The Bertz CT molecular complexity index is 913. The van der Waals surface area contributed by atoms with Crippen LogP contribution in [0.1, 0.15) is 22.9 Å². The molecule has 7 heteroatoms. The van der Waals surface area contributed by atoms with Crippen molar-refractivity contribution < 1.29 is 9.90 Å². The van der Waals surface area contributed by atoms with Crippen LogP contribution >= 0.6 is 11.8 Å². The molecule has 1 amide bonds. The van der Waals surface area contributed by atoms with E-state index in [1.54, 1.807) is 24.7 Å². The first-order valence-electron chi connectivity index (χ1n) is 8.33. The molecule has 0 fully saturated rings. The third-order valence-corrected chi connectivity index (χ3v) is 5.37. The Morgan fingerprint density at radius 2 is 2.19 bits per heavy atom. The van der Waals surface area contributed by atoms with Crippen LogP contribution in [-0.4, -0.2) is 43.2 Å². The molecule has 2 N–H and O–H groups in total. The Hall–Kier alpha value is -2.80. The van der Waals surface area contributed by atoms with E-state index in [1.165, 1.54) is 11.8 Å². The predicted octanol–water partition coefficient (Wildman–Crippen LogP) is 2.78. The number of pyridine rings is 1. The fraction of sp³-hybridized carbons (Fsp3) is 0.211. The van der Waals surface area contributed by atoms with Crippen LogP contribution in [0, 0.1) is 0 Å². The van der Waals surface area contributed by atoms with Crippen LogP contribution in [0.2, 0.25) is 0 Å². The number of hydrogen-bond acceptors (Lipinski definition) is 5. The number of carbonyl (C=O) groups excluding carboxylic acids is 1. The minimum atomic E-state index is -0.0547. The molecule has 1 aliphatic heterocycles. The standard InChI is InChI=1S/C19H18N4O2S/c24-14-5-3-4-13(8-14)15-9-23(10-16-19(15)22-12-21-16)18(25)11-26-17-6-1-2-7-20-17/h1-8,12,15,24H,9-11H2,(H,21,22). The number of nitrogens with zero attached hydrogens (tertiary/aromatic N) is 3. The lowest BCUT2D eigenvalue weighted by Gasteiger charge is -2.32. The van der Waals surface area contributed by atoms with E-state index in [0.717, 1.165) is 22.0 Å². The van der Waals surface area contributed by atoms with Crippen molar-refractivity contribution in [3.63, 3.8) is 0 Å². The van der Waals surface area contributed by atoms with Crippen LogP contribution < -0.4 is 0 Å². The van der Waals surface area contributed by atoms with E-state index in [1.807, 2.05) is 35.2 Å². The highest BCUT2D eigenvalue weighted by Gasteiger charge is 2.31. The van der Waals surface area contributed by atoms with Crippen LogP contribution in [0.3, 0.4) is 0 Å². The summed E-state index contributed by atoms with van der Waals surface area (Å²) < 4.78 is 0. The van der Waals surface area contributed by atoms with Gasteiger partial charge in [-0.1, -0.05) is 30.0 Å². The zero-order valence-electron chi connectivity index (χ0n) is 14.0. The number of hydrogen-bond donors (Lipinski definition) is 2. The largest absolute Gasteiger partial charge is 0.508 e. The van der Waals surface area contributed by atoms with Gasteiger partial charge in [-0.3, -0.25) is 4.79 Å². The minimum absolute atomic E-state index is 0.0547. The summed E-state index contributed by atoms with van der Waals surface area (Å²) in [5, 5.41) is 10.6. The van der Waals surface area contributed by atoms with Crippen LogP contribution in [0.15, 0.2) is 60.0 Å². The highest BCUT2D eigenvalue weighted by molar-refractivity contribution is 7.99. The molecule has 1 aromatic carbocycles. The number of H-pyrrole nitrogens is 1. The van der Waals surface area contributed by atoms with Gasteiger partial charge in [0.2, 0.25) is 5.91 Å². The molecule has 3 aromatic rings. The molecule has 0 saturated heterocycles. The molecule has 1 atom stereocenters. The number of amides is 1. The van der Waals surface area contributed by atoms with E-state index < -0.39 is 0 Å². The zero-order valence-corrected chi connectivity index (χ0v) is 14.8. The summed E-state index contributed by atoms with van der Waals surface area (Å²) in [5.74, 6) is 0.563. The Morgan fingerprint density at radius 3 is 3.00 bits per heavy atom. The van der Waals surface area contributed by atoms with Gasteiger partial charge >= 0.3 is 0 Å². The molecule has 3 heterocycles. The maximum atomic E-state index is 12.7. The van der Waals surface area contributed by atoms with Crippen LogP contribution in [0.25, 0.3) is 0 Å². The normalized spacial score (nSPS) is 16.3. The van der Waals surface area contributed by atoms with E-state index in [-0.39, 0.29) is 17.6 Å². The smallest absolute Gasteiger partial charge is 0.233 e. The van der Waals surface area contributed by atoms with Gasteiger partial charge in [-0.15, -0.1) is 0 Å². The first-order chi connectivity index (χ1) is 12.7. The molecule has 0 radical (unpaired) electrons. The molecule has 26 heavy (non-hydrogen) atoms. The molecule has 6 nitrogen and oxygen atoms in total. The summed E-state index contributed by atoms with van der Waals surface area (Å²) in [4.78, 5) is 26.4. The summed E-state index contributed by atoms with van der Waals surface area (Å²) in [6, 6.07) is 12.8. The number of nitrogens with one attached hydrogen (secondary N) is 1. The van der Waals surface area contributed by atoms with Crippen molar-refractivity contribution in [1.82, 2.24) is 19.9 Å². The van der Waals surface area contributed by atoms with Crippen LogP contribution in [0.4, 0.5) is 0 Å². The maximum absolute atomic E-state index is 12.7. The number of phenols is 1. The molecule has 0 spiro atoms. The fourth-order valence-corrected chi connectivity index (χ4v) is 3.94. The van der Waals surface area contributed by atoms with Gasteiger partial charge in [0.1, 0.15) is 5.75 Å². The van der Waals surface area contributed by atoms with E-state index in [0.29, 0.717) is 18.8 Å². The van der Waals surface area contributed by atoms with Gasteiger partial charge in [0.05, 0.1) is 35.0 Å². The van der Waals surface area contributed by atoms with Gasteiger partial charge in [0.25, 0.3) is 0 Å². The van der Waals surface area contributed by atoms with Gasteiger partial charge in [0.15, 0.2) is 0 Å². The lowest BCUT2D eigenvalue weighted by Crippen LogP contribution is -2.39.